The van der Waals surface area contributed by atoms with Gasteiger partial charge in [-0.25, -0.2) is 8.42 Å². The van der Waals surface area contributed by atoms with E-state index in [1.807, 2.05) is 38.1 Å². The Morgan fingerprint density at radius 2 is 1.58 bits per heavy atom. The van der Waals surface area contributed by atoms with Crippen LogP contribution in [0.1, 0.15) is 29.9 Å². The number of nitrogens with zero attached hydrogens (tertiary/aromatic N) is 4. The minimum absolute atomic E-state index is 0.0440. The fourth-order valence-corrected chi connectivity index (χ4v) is 5.39. The van der Waals surface area contributed by atoms with Crippen LogP contribution in [0.4, 0.5) is 0 Å². The van der Waals surface area contributed by atoms with Crippen molar-refractivity contribution in [1.29, 1.82) is 0 Å². The summed E-state index contributed by atoms with van der Waals surface area (Å²) in [5.74, 6) is 0.498. The second-order valence-electron chi connectivity index (χ2n) is 8.55. The SMILES string of the molecule is Cc1ccc(-c2nnc(CN(C)C(=O)C3CCN(S(=O)(=O)c4ccc(C)cc4)CC3)o2)cc1. The molecule has 2 aromatic carbocycles. The lowest BCUT2D eigenvalue weighted by Gasteiger charge is -2.32. The summed E-state index contributed by atoms with van der Waals surface area (Å²) >= 11 is 0. The molecule has 0 atom stereocenters. The van der Waals surface area contributed by atoms with Crippen molar-refractivity contribution in [1.82, 2.24) is 19.4 Å². The molecule has 8 nitrogen and oxygen atoms in total. The molecule has 1 aliphatic heterocycles. The third-order valence-electron chi connectivity index (χ3n) is 5.98. The number of rotatable bonds is 6. The molecule has 1 fully saturated rings. The molecule has 0 radical (unpaired) electrons. The topological polar surface area (TPSA) is 96.6 Å². The van der Waals surface area contributed by atoms with E-state index in [4.69, 9.17) is 4.42 Å². The molecular formula is C24H28N4O4S. The lowest BCUT2D eigenvalue weighted by molar-refractivity contribution is -0.136. The molecule has 9 heteroatoms. The number of carbonyl (C=O) groups excluding carboxylic acids is 1. The third kappa shape index (κ3) is 5.15. The van der Waals surface area contributed by atoms with Crippen LogP contribution in [0.3, 0.4) is 0 Å². The van der Waals surface area contributed by atoms with E-state index >= 15 is 0 Å². The van der Waals surface area contributed by atoms with Crippen LogP contribution < -0.4 is 0 Å². The first-order chi connectivity index (χ1) is 15.7. The zero-order valence-electron chi connectivity index (χ0n) is 19.1. The molecule has 174 valence electrons. The number of benzene rings is 2. The number of aromatic nitrogens is 2. The van der Waals surface area contributed by atoms with Crippen molar-refractivity contribution in [3.8, 4) is 11.5 Å². The second-order valence-corrected chi connectivity index (χ2v) is 10.5. The van der Waals surface area contributed by atoms with Gasteiger partial charge in [-0.15, -0.1) is 10.2 Å². The minimum atomic E-state index is -3.55. The summed E-state index contributed by atoms with van der Waals surface area (Å²) in [6.07, 6.45) is 0.958. The monoisotopic (exact) mass is 468 g/mol. The molecule has 0 unspecified atom stereocenters. The molecule has 3 aromatic rings. The molecule has 33 heavy (non-hydrogen) atoms. The van der Waals surface area contributed by atoms with Crippen LogP contribution in [-0.2, 0) is 21.4 Å². The van der Waals surface area contributed by atoms with Crippen LogP contribution >= 0.6 is 0 Å². The number of amides is 1. The molecule has 0 spiro atoms. The van der Waals surface area contributed by atoms with Crippen molar-refractivity contribution >= 4 is 15.9 Å². The summed E-state index contributed by atoms with van der Waals surface area (Å²) in [5.41, 5.74) is 2.98. The summed E-state index contributed by atoms with van der Waals surface area (Å²) in [6, 6.07) is 14.6. The van der Waals surface area contributed by atoms with Crippen LogP contribution in [0.25, 0.3) is 11.5 Å². The average Bonchev–Trinajstić information content (AvgIpc) is 3.28. The largest absolute Gasteiger partial charge is 0.419 e. The van der Waals surface area contributed by atoms with Crippen LogP contribution in [0.2, 0.25) is 0 Å². The quantitative estimate of drug-likeness (QED) is 0.550. The summed E-state index contributed by atoms with van der Waals surface area (Å²) in [6.45, 7) is 4.77. The van der Waals surface area contributed by atoms with Crippen molar-refractivity contribution in [2.24, 2.45) is 5.92 Å². The Kier molecular flexibility index (Phi) is 6.62. The number of piperidine rings is 1. The molecule has 0 N–H and O–H groups in total. The molecule has 0 bridgehead atoms. The fraction of sp³-hybridized carbons (Fsp3) is 0.375. The highest BCUT2D eigenvalue weighted by atomic mass is 32.2. The van der Waals surface area contributed by atoms with Gasteiger partial charge in [0.15, 0.2) is 0 Å². The van der Waals surface area contributed by atoms with Gasteiger partial charge in [0.2, 0.25) is 27.7 Å². The van der Waals surface area contributed by atoms with E-state index < -0.39 is 10.0 Å². The average molecular weight is 469 g/mol. The predicted molar refractivity (Wildman–Crippen MR) is 124 cm³/mol. The molecule has 2 heterocycles. The smallest absolute Gasteiger partial charge is 0.247 e. The molecule has 1 aliphatic rings. The van der Waals surface area contributed by atoms with E-state index in [0.717, 1.165) is 16.7 Å². The highest BCUT2D eigenvalue weighted by Gasteiger charge is 2.33. The Bertz CT molecular complexity index is 1210. The highest BCUT2D eigenvalue weighted by Crippen LogP contribution is 2.26. The number of hydrogen-bond donors (Lipinski definition) is 0. The Labute approximate surface area is 194 Å². The molecule has 1 aromatic heterocycles. The fourth-order valence-electron chi connectivity index (χ4n) is 3.93. The van der Waals surface area contributed by atoms with Crippen LogP contribution in [0.15, 0.2) is 57.8 Å². The Morgan fingerprint density at radius 3 is 2.18 bits per heavy atom. The van der Waals surface area contributed by atoms with Crippen LogP contribution in [0.5, 0.6) is 0 Å². The third-order valence-corrected chi connectivity index (χ3v) is 7.89. The van der Waals surface area contributed by atoms with Gasteiger partial charge in [-0.2, -0.15) is 4.31 Å². The Balaban J connectivity index is 1.34. The lowest BCUT2D eigenvalue weighted by Crippen LogP contribution is -2.43. The molecule has 1 amide bonds. The minimum Gasteiger partial charge on any atom is -0.419 e. The van der Waals surface area contributed by atoms with Crippen molar-refractivity contribution in [2.45, 2.75) is 38.1 Å². The van der Waals surface area contributed by atoms with E-state index in [9.17, 15) is 13.2 Å². The van der Waals surface area contributed by atoms with Crippen LogP contribution in [0, 0.1) is 19.8 Å². The van der Waals surface area contributed by atoms with Gasteiger partial charge >= 0.3 is 0 Å². The van der Waals surface area contributed by atoms with E-state index in [1.165, 1.54) is 4.31 Å². The van der Waals surface area contributed by atoms with Crippen molar-refractivity contribution in [2.75, 3.05) is 20.1 Å². The first-order valence-electron chi connectivity index (χ1n) is 11.0. The maximum Gasteiger partial charge on any atom is 0.247 e. The zero-order chi connectivity index (χ0) is 23.6. The predicted octanol–water partition coefficient (Wildman–Crippen LogP) is 3.41. The summed E-state index contributed by atoms with van der Waals surface area (Å²) in [5, 5.41) is 8.15. The van der Waals surface area contributed by atoms with Crippen molar-refractivity contribution < 1.29 is 17.6 Å². The highest BCUT2D eigenvalue weighted by molar-refractivity contribution is 7.89. The molecule has 1 saturated heterocycles. The standard InChI is InChI=1S/C24H28N4O4S/c1-17-4-8-19(9-5-17)23-26-25-22(32-23)16-27(3)24(29)20-12-14-28(15-13-20)33(30,31)21-10-6-18(2)7-11-21/h4-11,20H,12-16H2,1-3H3. The van der Waals surface area contributed by atoms with Gasteiger partial charge in [-0.1, -0.05) is 35.4 Å². The summed E-state index contributed by atoms with van der Waals surface area (Å²) in [4.78, 5) is 14.8. The Morgan fingerprint density at radius 1 is 1.00 bits per heavy atom. The number of aryl methyl sites for hydroxylation is 2. The van der Waals surface area contributed by atoms with E-state index in [-0.39, 0.29) is 23.3 Å². The van der Waals surface area contributed by atoms with Gasteiger partial charge in [0.25, 0.3) is 0 Å². The van der Waals surface area contributed by atoms with Gasteiger partial charge in [0.1, 0.15) is 0 Å². The van der Waals surface area contributed by atoms with Gasteiger partial charge in [-0.3, -0.25) is 4.79 Å². The van der Waals surface area contributed by atoms with Crippen molar-refractivity contribution in [3.63, 3.8) is 0 Å². The second kappa shape index (κ2) is 9.44. The maximum absolute atomic E-state index is 12.9. The molecule has 0 aliphatic carbocycles. The normalized spacial score (nSPS) is 15.5. The molecule has 0 saturated carbocycles. The Hall–Kier alpha value is -3.04. The summed E-state index contributed by atoms with van der Waals surface area (Å²) < 4.78 is 33.0. The number of carbonyl (C=O) groups is 1. The first-order valence-corrected chi connectivity index (χ1v) is 12.4. The van der Waals surface area contributed by atoms with Gasteiger partial charge in [0.05, 0.1) is 11.4 Å². The first kappa shape index (κ1) is 23.1. The van der Waals surface area contributed by atoms with E-state index in [1.54, 1.807) is 36.2 Å². The molecule has 4 rings (SSSR count). The van der Waals surface area contributed by atoms with E-state index in [2.05, 4.69) is 10.2 Å². The van der Waals surface area contributed by atoms with Crippen molar-refractivity contribution in [3.05, 3.63) is 65.5 Å². The lowest BCUT2D eigenvalue weighted by atomic mass is 9.97. The number of hydrogen-bond acceptors (Lipinski definition) is 6. The van der Waals surface area contributed by atoms with Crippen LogP contribution in [-0.4, -0.2) is 53.9 Å². The number of sulfonamides is 1. The van der Waals surface area contributed by atoms with Gasteiger partial charge < -0.3 is 9.32 Å². The van der Waals surface area contributed by atoms with Gasteiger partial charge in [0, 0.05) is 31.6 Å². The zero-order valence-corrected chi connectivity index (χ0v) is 19.9. The molecular weight excluding hydrogens is 440 g/mol. The van der Waals surface area contributed by atoms with Gasteiger partial charge in [-0.05, 0) is 51.0 Å². The maximum atomic E-state index is 12.9. The van der Waals surface area contributed by atoms with E-state index in [0.29, 0.717) is 37.7 Å². The summed E-state index contributed by atoms with van der Waals surface area (Å²) in [7, 11) is -1.85.